The van der Waals surface area contributed by atoms with Crippen molar-refractivity contribution in [2.24, 2.45) is 0 Å². The Morgan fingerprint density at radius 3 is 2.33 bits per heavy atom. The van der Waals surface area contributed by atoms with Gasteiger partial charge in [0.1, 0.15) is 0 Å². The summed E-state index contributed by atoms with van der Waals surface area (Å²) in [5.41, 5.74) is 1.07. The zero-order valence-corrected chi connectivity index (χ0v) is 5.99. The Kier molecular flexibility index (Phi) is 3.51. The van der Waals surface area contributed by atoms with Gasteiger partial charge in [-0.2, -0.15) is 0 Å². The van der Waals surface area contributed by atoms with Crippen LogP contribution >= 0.6 is 0 Å². The number of allylic oxidation sites excluding steroid dienone is 1. The Morgan fingerprint density at radius 1 is 1.44 bits per heavy atom. The third-order valence-corrected chi connectivity index (χ3v) is 0.719. The largest absolute Gasteiger partial charge is 0.341 e. The van der Waals surface area contributed by atoms with Crippen LogP contribution in [0, 0.1) is 0 Å². The monoisotopic (exact) mass is 128 g/mol. The van der Waals surface area contributed by atoms with Gasteiger partial charge in [0.25, 0.3) is 0 Å². The Labute approximate surface area is 55.1 Å². The Bertz CT molecular complexity index is 125. The molecule has 52 valence electrons. The average Bonchev–Trinajstić information content (AvgIpc) is 1.83. The molecule has 0 aromatic carbocycles. The number of amides is 2. The predicted molar refractivity (Wildman–Crippen MR) is 37.0 cm³/mol. The molecule has 2 N–H and O–H groups in total. The van der Waals surface area contributed by atoms with Crippen molar-refractivity contribution < 1.29 is 4.79 Å². The molecule has 0 aromatic rings. The van der Waals surface area contributed by atoms with Crippen LogP contribution < -0.4 is 10.6 Å². The Hall–Kier alpha value is -0.990. The summed E-state index contributed by atoms with van der Waals surface area (Å²) in [5, 5.41) is 4.95. The highest BCUT2D eigenvalue weighted by Crippen LogP contribution is 1.82. The van der Waals surface area contributed by atoms with Gasteiger partial charge in [-0.25, -0.2) is 4.79 Å². The third kappa shape index (κ3) is 4.87. The number of nitrogens with one attached hydrogen (secondary N) is 2. The summed E-state index contributed by atoms with van der Waals surface area (Å²) in [7, 11) is 1.58. The first-order valence-corrected chi connectivity index (χ1v) is 2.78. The van der Waals surface area contributed by atoms with Crippen molar-refractivity contribution in [3.63, 3.8) is 0 Å². The van der Waals surface area contributed by atoms with E-state index in [0.717, 1.165) is 5.57 Å². The number of hydrogen-bond acceptors (Lipinski definition) is 1. The van der Waals surface area contributed by atoms with Crippen molar-refractivity contribution in [1.29, 1.82) is 0 Å². The molecule has 0 aliphatic heterocycles. The first kappa shape index (κ1) is 8.01. The molecule has 3 heteroatoms. The van der Waals surface area contributed by atoms with Gasteiger partial charge in [0, 0.05) is 13.2 Å². The summed E-state index contributed by atoms with van der Waals surface area (Å²) < 4.78 is 0. The highest BCUT2D eigenvalue weighted by molar-refractivity contribution is 5.74. The molecule has 3 nitrogen and oxygen atoms in total. The van der Waals surface area contributed by atoms with Gasteiger partial charge in [-0.05, 0) is 13.8 Å². The lowest BCUT2D eigenvalue weighted by Gasteiger charge is -1.96. The van der Waals surface area contributed by atoms with E-state index in [2.05, 4.69) is 10.6 Å². The van der Waals surface area contributed by atoms with E-state index in [-0.39, 0.29) is 6.03 Å². The summed E-state index contributed by atoms with van der Waals surface area (Å²) in [6.45, 7) is 3.83. The summed E-state index contributed by atoms with van der Waals surface area (Å²) in [4.78, 5) is 10.4. The highest BCUT2D eigenvalue weighted by Gasteiger charge is 1.87. The van der Waals surface area contributed by atoms with Crippen LogP contribution in [0.25, 0.3) is 0 Å². The predicted octanol–water partition coefficient (Wildman–Crippen LogP) is 0.839. The van der Waals surface area contributed by atoms with Crippen molar-refractivity contribution >= 4 is 6.03 Å². The summed E-state index contributed by atoms with van der Waals surface area (Å²) >= 11 is 0. The molecule has 0 aliphatic carbocycles. The fourth-order valence-electron chi connectivity index (χ4n) is 0.282. The number of urea groups is 1. The van der Waals surface area contributed by atoms with E-state index in [4.69, 9.17) is 0 Å². The lowest BCUT2D eigenvalue weighted by Crippen LogP contribution is -2.28. The molecule has 0 saturated heterocycles. The van der Waals surface area contributed by atoms with Gasteiger partial charge in [0.05, 0.1) is 0 Å². The standard InChI is InChI=1S/C6H12N2O/c1-5(2)4-8-6(9)7-3/h4H,1-3H3,(H2,7,8,9). The van der Waals surface area contributed by atoms with Gasteiger partial charge in [-0.15, -0.1) is 0 Å². The second-order valence-corrected chi connectivity index (χ2v) is 1.95. The molecule has 2 amide bonds. The van der Waals surface area contributed by atoms with Crippen LogP contribution in [0.2, 0.25) is 0 Å². The van der Waals surface area contributed by atoms with E-state index in [9.17, 15) is 4.79 Å². The molecule has 0 radical (unpaired) electrons. The molecule has 0 atom stereocenters. The van der Waals surface area contributed by atoms with E-state index in [0.29, 0.717) is 0 Å². The van der Waals surface area contributed by atoms with E-state index in [1.165, 1.54) is 0 Å². The minimum atomic E-state index is -0.184. The van der Waals surface area contributed by atoms with Crippen molar-refractivity contribution in [3.8, 4) is 0 Å². The lowest BCUT2D eigenvalue weighted by molar-refractivity contribution is 0.246. The molecule has 0 rings (SSSR count). The van der Waals surface area contributed by atoms with Crippen molar-refractivity contribution in [2.45, 2.75) is 13.8 Å². The minimum Gasteiger partial charge on any atom is -0.341 e. The van der Waals surface area contributed by atoms with Gasteiger partial charge in [0.2, 0.25) is 0 Å². The molecule has 0 fully saturated rings. The molecule has 9 heavy (non-hydrogen) atoms. The molecular weight excluding hydrogens is 116 g/mol. The fraction of sp³-hybridized carbons (Fsp3) is 0.500. The minimum absolute atomic E-state index is 0.184. The average molecular weight is 128 g/mol. The first-order valence-electron chi connectivity index (χ1n) is 2.78. The normalized spacial score (nSPS) is 7.89. The summed E-state index contributed by atoms with van der Waals surface area (Å²) in [5.74, 6) is 0. The van der Waals surface area contributed by atoms with Crippen LogP contribution in [0.4, 0.5) is 4.79 Å². The summed E-state index contributed by atoms with van der Waals surface area (Å²) in [6.07, 6.45) is 1.65. The van der Waals surface area contributed by atoms with E-state index in [1.807, 2.05) is 13.8 Å². The number of carbonyl (C=O) groups excluding carboxylic acids is 1. The van der Waals surface area contributed by atoms with Crippen molar-refractivity contribution in [2.75, 3.05) is 7.05 Å². The topological polar surface area (TPSA) is 41.1 Å². The fourth-order valence-corrected chi connectivity index (χ4v) is 0.282. The smallest absolute Gasteiger partial charge is 0.318 e. The molecular formula is C6H12N2O. The number of carbonyl (C=O) groups is 1. The number of rotatable bonds is 1. The molecule has 0 saturated carbocycles. The second-order valence-electron chi connectivity index (χ2n) is 1.95. The Balaban J connectivity index is 3.50. The van der Waals surface area contributed by atoms with Gasteiger partial charge >= 0.3 is 6.03 Å². The van der Waals surface area contributed by atoms with Crippen LogP contribution in [0.5, 0.6) is 0 Å². The maximum absolute atomic E-state index is 10.4. The maximum atomic E-state index is 10.4. The van der Waals surface area contributed by atoms with E-state index in [1.54, 1.807) is 13.2 Å². The van der Waals surface area contributed by atoms with Gasteiger partial charge < -0.3 is 10.6 Å². The van der Waals surface area contributed by atoms with Gasteiger partial charge in [-0.3, -0.25) is 0 Å². The quantitative estimate of drug-likeness (QED) is 0.539. The highest BCUT2D eigenvalue weighted by atomic mass is 16.2. The summed E-state index contributed by atoms with van der Waals surface area (Å²) in [6, 6.07) is -0.184. The molecule has 0 unspecified atom stereocenters. The molecule has 0 aliphatic rings. The lowest BCUT2D eigenvalue weighted by atomic mass is 10.4. The molecule has 0 aromatic heterocycles. The van der Waals surface area contributed by atoms with E-state index < -0.39 is 0 Å². The first-order chi connectivity index (χ1) is 4.16. The zero-order valence-electron chi connectivity index (χ0n) is 5.99. The van der Waals surface area contributed by atoms with E-state index >= 15 is 0 Å². The van der Waals surface area contributed by atoms with Gasteiger partial charge in [0.15, 0.2) is 0 Å². The van der Waals surface area contributed by atoms with Gasteiger partial charge in [-0.1, -0.05) is 5.57 Å². The molecule has 0 heterocycles. The number of hydrogen-bond donors (Lipinski definition) is 2. The van der Waals surface area contributed by atoms with Crippen LogP contribution in [-0.2, 0) is 0 Å². The van der Waals surface area contributed by atoms with Crippen molar-refractivity contribution in [1.82, 2.24) is 10.6 Å². The van der Waals surface area contributed by atoms with Crippen LogP contribution in [0.1, 0.15) is 13.8 Å². The maximum Gasteiger partial charge on any atom is 0.318 e. The molecule has 0 spiro atoms. The zero-order chi connectivity index (χ0) is 7.28. The SMILES string of the molecule is CNC(=O)NC=C(C)C. The third-order valence-electron chi connectivity index (χ3n) is 0.719. The van der Waals surface area contributed by atoms with Crippen LogP contribution in [0.15, 0.2) is 11.8 Å². The second kappa shape index (κ2) is 3.95. The molecule has 0 bridgehead atoms. The Morgan fingerprint density at radius 2 is 2.00 bits per heavy atom. The van der Waals surface area contributed by atoms with Crippen LogP contribution in [0.3, 0.4) is 0 Å². The van der Waals surface area contributed by atoms with Crippen molar-refractivity contribution in [3.05, 3.63) is 11.8 Å². The van der Waals surface area contributed by atoms with Crippen LogP contribution in [-0.4, -0.2) is 13.1 Å².